The molecule has 2 N–H and O–H groups in total. The summed E-state index contributed by atoms with van der Waals surface area (Å²) in [5.74, 6) is 0. The summed E-state index contributed by atoms with van der Waals surface area (Å²) in [7, 11) is 1.75. The maximum Gasteiger partial charge on any atom is 0.0618 e. The lowest BCUT2D eigenvalue weighted by atomic mass is 10.2. The summed E-state index contributed by atoms with van der Waals surface area (Å²) in [6, 6.07) is 0.556. The molecule has 0 aromatic heterocycles. The van der Waals surface area contributed by atoms with Crippen molar-refractivity contribution in [2.45, 2.75) is 32.0 Å². The third-order valence-corrected chi connectivity index (χ3v) is 2.30. The number of likely N-dealkylation sites (tertiary alicyclic amines) is 1. The first-order chi connectivity index (χ1) is 5.25. The first-order valence-electron chi connectivity index (χ1n) is 4.26. The maximum atomic E-state index is 5.79. The van der Waals surface area contributed by atoms with Crippen LogP contribution in [0.25, 0.3) is 0 Å². The standard InChI is InChI=1S/C8H18N2O/c1-7(9)10-5-3-4-8(10)6-11-2/h7-8H,3-6,9H2,1-2H3/t7-,8?/m0/s1. The van der Waals surface area contributed by atoms with Crippen LogP contribution in [0.5, 0.6) is 0 Å². The number of rotatable bonds is 3. The molecule has 1 rings (SSSR count). The lowest BCUT2D eigenvalue weighted by Gasteiger charge is -2.27. The van der Waals surface area contributed by atoms with E-state index in [1.165, 1.54) is 12.8 Å². The molecule has 1 heterocycles. The van der Waals surface area contributed by atoms with Crippen LogP contribution in [0.2, 0.25) is 0 Å². The second-order valence-electron chi connectivity index (χ2n) is 3.23. The Labute approximate surface area is 68.5 Å². The van der Waals surface area contributed by atoms with E-state index in [-0.39, 0.29) is 6.17 Å². The first kappa shape index (κ1) is 8.97. The molecule has 1 unspecified atom stereocenters. The van der Waals surface area contributed by atoms with E-state index in [1.807, 2.05) is 6.92 Å². The lowest BCUT2D eigenvalue weighted by Crippen LogP contribution is -2.44. The van der Waals surface area contributed by atoms with Crippen molar-refractivity contribution in [2.75, 3.05) is 20.3 Å². The highest BCUT2D eigenvalue weighted by Gasteiger charge is 2.26. The van der Waals surface area contributed by atoms with Crippen molar-refractivity contribution >= 4 is 0 Å². The van der Waals surface area contributed by atoms with E-state index >= 15 is 0 Å². The molecule has 0 aromatic carbocycles. The fourth-order valence-electron chi connectivity index (χ4n) is 1.77. The van der Waals surface area contributed by atoms with Gasteiger partial charge in [-0.15, -0.1) is 0 Å². The van der Waals surface area contributed by atoms with Gasteiger partial charge in [0, 0.05) is 19.7 Å². The zero-order valence-corrected chi connectivity index (χ0v) is 7.42. The van der Waals surface area contributed by atoms with Gasteiger partial charge in [-0.1, -0.05) is 0 Å². The third kappa shape index (κ3) is 2.15. The fraction of sp³-hybridized carbons (Fsp3) is 1.00. The van der Waals surface area contributed by atoms with Gasteiger partial charge in [0.2, 0.25) is 0 Å². The van der Waals surface area contributed by atoms with Gasteiger partial charge in [-0.25, -0.2) is 0 Å². The molecular formula is C8H18N2O. The Balaban J connectivity index is 2.37. The van der Waals surface area contributed by atoms with Crippen LogP contribution in [0.1, 0.15) is 19.8 Å². The van der Waals surface area contributed by atoms with Gasteiger partial charge >= 0.3 is 0 Å². The molecule has 1 aliphatic heterocycles. The molecule has 3 nitrogen and oxygen atoms in total. The minimum atomic E-state index is 0.178. The molecule has 3 heteroatoms. The molecule has 0 saturated carbocycles. The summed E-state index contributed by atoms with van der Waals surface area (Å²) in [6.45, 7) is 3.99. The molecule has 0 spiro atoms. The van der Waals surface area contributed by atoms with Gasteiger partial charge in [-0.2, -0.15) is 0 Å². The fourth-order valence-corrected chi connectivity index (χ4v) is 1.77. The molecule has 0 radical (unpaired) electrons. The molecule has 0 bridgehead atoms. The zero-order chi connectivity index (χ0) is 8.27. The van der Waals surface area contributed by atoms with Crippen LogP contribution < -0.4 is 5.73 Å². The van der Waals surface area contributed by atoms with Gasteiger partial charge in [0.25, 0.3) is 0 Å². The smallest absolute Gasteiger partial charge is 0.0618 e. The third-order valence-electron chi connectivity index (χ3n) is 2.30. The van der Waals surface area contributed by atoms with Crippen LogP contribution in [-0.2, 0) is 4.74 Å². The molecule has 0 aromatic rings. The molecular weight excluding hydrogens is 140 g/mol. The number of methoxy groups -OCH3 is 1. The van der Waals surface area contributed by atoms with Gasteiger partial charge in [0.1, 0.15) is 0 Å². The van der Waals surface area contributed by atoms with E-state index in [0.29, 0.717) is 6.04 Å². The van der Waals surface area contributed by atoms with E-state index in [9.17, 15) is 0 Å². The SMILES string of the molecule is COCC1CCCN1[C@@H](C)N. The Hall–Kier alpha value is -0.120. The van der Waals surface area contributed by atoms with Crippen LogP contribution >= 0.6 is 0 Å². The maximum absolute atomic E-state index is 5.79. The molecule has 2 atom stereocenters. The number of hydrogen-bond donors (Lipinski definition) is 1. The van der Waals surface area contributed by atoms with Gasteiger partial charge < -0.3 is 10.5 Å². The van der Waals surface area contributed by atoms with E-state index in [2.05, 4.69) is 4.90 Å². The average Bonchev–Trinajstić information content (AvgIpc) is 2.36. The second-order valence-corrected chi connectivity index (χ2v) is 3.23. The van der Waals surface area contributed by atoms with Crippen molar-refractivity contribution in [2.24, 2.45) is 5.73 Å². The minimum absolute atomic E-state index is 0.178. The molecule has 1 saturated heterocycles. The summed E-state index contributed by atoms with van der Waals surface area (Å²) in [4.78, 5) is 2.31. The van der Waals surface area contributed by atoms with Crippen LogP contribution in [0.15, 0.2) is 0 Å². The van der Waals surface area contributed by atoms with E-state index in [0.717, 1.165) is 13.2 Å². The lowest BCUT2D eigenvalue weighted by molar-refractivity contribution is 0.0953. The van der Waals surface area contributed by atoms with Crippen molar-refractivity contribution in [3.05, 3.63) is 0 Å². The minimum Gasteiger partial charge on any atom is -0.383 e. The summed E-state index contributed by atoms with van der Waals surface area (Å²) < 4.78 is 5.11. The number of nitrogens with zero attached hydrogens (tertiary/aromatic N) is 1. The quantitative estimate of drug-likeness (QED) is 0.646. The topological polar surface area (TPSA) is 38.5 Å². The molecule has 0 amide bonds. The van der Waals surface area contributed by atoms with Crippen molar-refractivity contribution in [1.82, 2.24) is 4.90 Å². The highest BCUT2D eigenvalue weighted by atomic mass is 16.5. The highest BCUT2D eigenvalue weighted by molar-refractivity contribution is 4.80. The molecule has 66 valence electrons. The monoisotopic (exact) mass is 158 g/mol. The van der Waals surface area contributed by atoms with Crippen molar-refractivity contribution < 1.29 is 4.74 Å². The molecule has 1 fully saturated rings. The van der Waals surface area contributed by atoms with Gasteiger partial charge in [-0.05, 0) is 19.8 Å². The van der Waals surface area contributed by atoms with Gasteiger partial charge in [0.15, 0.2) is 0 Å². The Kier molecular flexibility index (Phi) is 3.30. The van der Waals surface area contributed by atoms with Crippen molar-refractivity contribution in [1.29, 1.82) is 0 Å². The van der Waals surface area contributed by atoms with Crippen LogP contribution in [0.3, 0.4) is 0 Å². The van der Waals surface area contributed by atoms with Crippen LogP contribution in [0, 0.1) is 0 Å². The molecule has 11 heavy (non-hydrogen) atoms. The van der Waals surface area contributed by atoms with E-state index < -0.39 is 0 Å². The summed E-state index contributed by atoms with van der Waals surface area (Å²) in [5.41, 5.74) is 5.79. The number of hydrogen-bond acceptors (Lipinski definition) is 3. The van der Waals surface area contributed by atoms with Crippen molar-refractivity contribution in [3.8, 4) is 0 Å². The predicted molar refractivity (Wildman–Crippen MR) is 45.3 cm³/mol. The number of nitrogens with two attached hydrogens (primary N) is 1. The molecule has 1 aliphatic rings. The number of ether oxygens (including phenoxy) is 1. The first-order valence-corrected chi connectivity index (χ1v) is 4.26. The Morgan fingerprint density at radius 3 is 3.00 bits per heavy atom. The average molecular weight is 158 g/mol. The van der Waals surface area contributed by atoms with Crippen molar-refractivity contribution in [3.63, 3.8) is 0 Å². The largest absolute Gasteiger partial charge is 0.383 e. The van der Waals surface area contributed by atoms with Crippen LogP contribution in [0.4, 0.5) is 0 Å². The van der Waals surface area contributed by atoms with Gasteiger partial charge in [-0.3, -0.25) is 4.90 Å². The summed E-state index contributed by atoms with van der Waals surface area (Å²) >= 11 is 0. The second kappa shape index (κ2) is 4.04. The zero-order valence-electron chi connectivity index (χ0n) is 7.42. The predicted octanol–water partition coefficient (Wildman–Crippen LogP) is 0.402. The van der Waals surface area contributed by atoms with Gasteiger partial charge in [0.05, 0.1) is 12.8 Å². The Morgan fingerprint density at radius 1 is 1.73 bits per heavy atom. The Bertz CT molecular complexity index is 117. The van der Waals surface area contributed by atoms with E-state index in [1.54, 1.807) is 7.11 Å². The Morgan fingerprint density at radius 2 is 2.45 bits per heavy atom. The highest BCUT2D eigenvalue weighted by Crippen LogP contribution is 2.17. The summed E-state index contributed by atoms with van der Waals surface area (Å²) in [5, 5.41) is 0. The van der Waals surface area contributed by atoms with E-state index in [4.69, 9.17) is 10.5 Å². The van der Waals surface area contributed by atoms with Crippen LogP contribution in [-0.4, -0.2) is 37.4 Å². The summed E-state index contributed by atoms with van der Waals surface area (Å²) in [6.07, 6.45) is 2.67. The normalized spacial score (nSPS) is 29.2. The molecule has 0 aliphatic carbocycles.